The van der Waals surface area contributed by atoms with E-state index in [9.17, 15) is 83.1 Å². The number of nitrogens with one attached hydrogen (secondary N) is 7. The van der Waals surface area contributed by atoms with E-state index < -0.39 is 175 Å². The van der Waals surface area contributed by atoms with E-state index in [1.54, 1.807) is 41.5 Å². The summed E-state index contributed by atoms with van der Waals surface area (Å²) in [5, 5.41) is 66.7. The van der Waals surface area contributed by atoms with Crippen LogP contribution in [0.1, 0.15) is 126 Å². The number of carboxylic acids is 3. The van der Waals surface area contributed by atoms with Crippen LogP contribution in [0.25, 0.3) is 0 Å². The number of nitrogens with two attached hydrogens (primary N) is 2. The Balaban J connectivity index is 2.31. The SMILES string of the molecule is CC[C@H](C)[C@H](NC(=O)[C@H](CCC(=O)O)NC(=O)[C@@H](NC(=O)[C@@H](NC(=O)[C@@H](N)CCCCN)C(C)C)[C@@H](C)O)C(=O)N1CCC[C@H]1C(=O)N[C@@H](CO)C(=O)N[C@@H](CC(=O)O)C(=O)N[C@@H](CC(C)C)C(=O)N1CCC[C@H]1C(=O)O. The molecule has 0 aromatic heterocycles. The Labute approximate surface area is 447 Å². The van der Waals surface area contributed by atoms with Crippen LogP contribution in [-0.4, -0.2) is 199 Å². The fourth-order valence-corrected chi connectivity index (χ4v) is 8.87. The first kappa shape index (κ1) is 66.6. The molecular weight excluding hydrogens is 1010 g/mol. The first-order valence-corrected chi connectivity index (χ1v) is 26.2. The summed E-state index contributed by atoms with van der Waals surface area (Å²) in [5.74, 6) is -14.0. The maximum atomic E-state index is 14.4. The average molecular weight is 1100 g/mol. The lowest BCUT2D eigenvalue weighted by Gasteiger charge is -2.33. The number of carboxylic acid groups (broad SMARTS) is 3. The third-order valence-corrected chi connectivity index (χ3v) is 13.5. The van der Waals surface area contributed by atoms with Crippen molar-refractivity contribution in [3.05, 3.63) is 0 Å². The quantitative estimate of drug-likeness (QED) is 0.0282. The molecule has 0 spiro atoms. The Hall–Kier alpha value is -6.52. The lowest BCUT2D eigenvalue weighted by atomic mass is 9.96. The van der Waals surface area contributed by atoms with Crippen molar-refractivity contribution < 1.29 is 83.1 Å². The van der Waals surface area contributed by atoms with Crippen LogP contribution in [0.5, 0.6) is 0 Å². The van der Waals surface area contributed by atoms with Crippen LogP contribution in [0.15, 0.2) is 0 Å². The molecule has 16 N–H and O–H groups in total. The van der Waals surface area contributed by atoms with E-state index in [4.69, 9.17) is 11.5 Å². The number of nitrogens with zero attached hydrogens (tertiary/aromatic N) is 2. The average Bonchev–Trinajstić information content (AvgIpc) is 4.07. The van der Waals surface area contributed by atoms with Crippen LogP contribution in [0.3, 0.4) is 0 Å². The van der Waals surface area contributed by atoms with Gasteiger partial charge in [-0.15, -0.1) is 0 Å². The number of aliphatic carboxylic acids is 3. The van der Waals surface area contributed by atoms with Gasteiger partial charge >= 0.3 is 17.9 Å². The molecule has 0 bridgehead atoms. The summed E-state index contributed by atoms with van der Waals surface area (Å²) in [4.78, 5) is 161. The molecule has 28 nitrogen and oxygen atoms in total. The summed E-state index contributed by atoms with van der Waals surface area (Å²) in [6.45, 7) is 10.6. The van der Waals surface area contributed by atoms with Gasteiger partial charge in [-0.2, -0.15) is 0 Å². The molecule has 0 aromatic rings. The summed E-state index contributed by atoms with van der Waals surface area (Å²) in [7, 11) is 0. The summed E-state index contributed by atoms with van der Waals surface area (Å²) in [6.07, 6.45) is -1.19. The molecule has 77 heavy (non-hydrogen) atoms. The smallest absolute Gasteiger partial charge is 0.326 e. The zero-order valence-corrected chi connectivity index (χ0v) is 45.1. The number of hydrogen-bond donors (Lipinski definition) is 14. The van der Waals surface area contributed by atoms with Crippen molar-refractivity contribution >= 4 is 71.1 Å². The monoisotopic (exact) mass is 1100 g/mol. The lowest BCUT2D eigenvalue weighted by Crippen LogP contribution is -2.62. The predicted octanol–water partition coefficient (Wildman–Crippen LogP) is -3.64. The highest BCUT2D eigenvalue weighted by Crippen LogP contribution is 2.23. The molecule has 2 heterocycles. The van der Waals surface area contributed by atoms with E-state index in [2.05, 4.69) is 37.2 Å². The molecule has 0 aromatic carbocycles. The normalized spacial score (nSPS) is 19.2. The minimum Gasteiger partial charge on any atom is -0.481 e. The van der Waals surface area contributed by atoms with Gasteiger partial charge in [0.2, 0.25) is 53.2 Å². The van der Waals surface area contributed by atoms with Crippen LogP contribution in [0, 0.1) is 17.8 Å². The van der Waals surface area contributed by atoms with Crippen molar-refractivity contribution in [3.63, 3.8) is 0 Å². The Morgan fingerprint density at radius 1 is 0.584 bits per heavy atom. The van der Waals surface area contributed by atoms with Crippen LogP contribution < -0.4 is 48.7 Å². The fraction of sp³-hybridized carbons (Fsp3) is 0.755. The minimum atomic E-state index is -1.86. The van der Waals surface area contributed by atoms with E-state index in [-0.39, 0.29) is 57.5 Å². The van der Waals surface area contributed by atoms with E-state index in [1.807, 2.05) is 0 Å². The van der Waals surface area contributed by atoms with Crippen molar-refractivity contribution in [3.8, 4) is 0 Å². The van der Waals surface area contributed by atoms with Crippen molar-refractivity contribution in [2.75, 3.05) is 26.2 Å². The van der Waals surface area contributed by atoms with E-state index in [0.717, 1.165) is 9.80 Å². The predicted molar refractivity (Wildman–Crippen MR) is 273 cm³/mol. The highest BCUT2D eigenvalue weighted by Gasteiger charge is 2.43. The summed E-state index contributed by atoms with van der Waals surface area (Å²) in [5.41, 5.74) is 11.5. The molecular formula is C49H83N11O17. The number of amides is 9. The second-order valence-corrected chi connectivity index (χ2v) is 20.5. The van der Waals surface area contributed by atoms with Gasteiger partial charge in [-0.25, -0.2) is 4.79 Å². The molecule has 436 valence electrons. The molecule has 2 aliphatic rings. The topological polar surface area (TPSA) is 449 Å². The van der Waals surface area contributed by atoms with Crippen molar-refractivity contribution in [2.45, 2.75) is 192 Å². The van der Waals surface area contributed by atoms with Crippen molar-refractivity contribution in [1.29, 1.82) is 0 Å². The van der Waals surface area contributed by atoms with E-state index >= 15 is 0 Å². The minimum absolute atomic E-state index is 0.0265. The molecule has 2 aliphatic heterocycles. The van der Waals surface area contributed by atoms with Crippen molar-refractivity contribution in [2.24, 2.45) is 29.2 Å². The zero-order chi connectivity index (χ0) is 58.4. The maximum Gasteiger partial charge on any atom is 0.326 e. The van der Waals surface area contributed by atoms with Gasteiger partial charge in [0.15, 0.2) is 0 Å². The number of carbonyl (C=O) groups excluding carboxylic acids is 9. The van der Waals surface area contributed by atoms with Crippen LogP contribution in [-0.2, 0) is 57.5 Å². The second-order valence-electron chi connectivity index (χ2n) is 20.5. The number of unbranched alkanes of at least 4 members (excludes halogenated alkanes) is 1. The molecule has 0 aliphatic carbocycles. The molecule has 0 unspecified atom stereocenters. The third kappa shape index (κ3) is 20.7. The van der Waals surface area contributed by atoms with Gasteiger partial charge < -0.3 is 84.0 Å². The Kier molecular flexibility index (Phi) is 27.9. The number of rotatable bonds is 33. The first-order chi connectivity index (χ1) is 36.1. The van der Waals surface area contributed by atoms with Crippen LogP contribution >= 0.6 is 0 Å². The van der Waals surface area contributed by atoms with Gasteiger partial charge in [0.05, 0.1) is 25.2 Å². The highest BCUT2D eigenvalue weighted by molar-refractivity contribution is 5.99. The van der Waals surface area contributed by atoms with Gasteiger partial charge in [0.1, 0.15) is 54.4 Å². The Bertz CT molecular complexity index is 2090. The number of carbonyl (C=O) groups is 12. The molecule has 2 rings (SSSR count). The molecule has 0 saturated carbocycles. The standard InChI is InChI=1S/C49H83N11O17/c1-8-26(6)38(57-41(68)29(16-17-35(63)64)52-46(73)39(27(7)62)58-45(72)37(25(4)5)56-40(67)28(51)13-9-10-18-50)48(75)59-19-11-14-33(59)44(71)55-32(23-61)43(70)53-30(22-36(65)66)42(69)54-31(21-24(2)3)47(74)60-20-12-15-34(60)49(76)77/h24-34,37-39,61-62H,8-23,50-51H2,1-7H3,(H,52,73)(H,53,70)(H,54,69)(H,55,71)(H,56,67)(H,57,68)(H,58,72)(H,63,64)(H,65,66)(H,76,77)/t26-,27+,28-,29-,30-,31-,32-,33-,34-,37-,38-,39-/m0/s1. The van der Waals surface area contributed by atoms with Crippen molar-refractivity contribution in [1.82, 2.24) is 47.0 Å². The summed E-state index contributed by atoms with van der Waals surface area (Å²) in [6, 6.07) is -14.4. The molecule has 28 heteroatoms. The third-order valence-electron chi connectivity index (χ3n) is 13.5. The number of aliphatic hydroxyl groups excluding tert-OH is 2. The molecule has 2 fully saturated rings. The van der Waals surface area contributed by atoms with Gasteiger partial charge in [-0.05, 0) is 82.6 Å². The summed E-state index contributed by atoms with van der Waals surface area (Å²) < 4.78 is 0. The Morgan fingerprint density at radius 3 is 1.62 bits per heavy atom. The van der Waals surface area contributed by atoms with E-state index in [0.29, 0.717) is 25.8 Å². The highest BCUT2D eigenvalue weighted by atomic mass is 16.4. The zero-order valence-electron chi connectivity index (χ0n) is 45.1. The van der Waals surface area contributed by atoms with Gasteiger partial charge in [0, 0.05) is 19.5 Å². The van der Waals surface area contributed by atoms with Crippen LogP contribution in [0.2, 0.25) is 0 Å². The number of likely N-dealkylation sites (tertiary alicyclic amines) is 2. The first-order valence-electron chi connectivity index (χ1n) is 26.2. The Morgan fingerprint density at radius 2 is 1.10 bits per heavy atom. The molecule has 9 amide bonds. The number of aliphatic hydroxyl groups is 2. The lowest BCUT2D eigenvalue weighted by molar-refractivity contribution is -0.150. The van der Waals surface area contributed by atoms with E-state index in [1.165, 1.54) is 6.92 Å². The van der Waals surface area contributed by atoms with Gasteiger partial charge in [-0.1, -0.05) is 54.4 Å². The molecule has 2 saturated heterocycles. The fourth-order valence-electron chi connectivity index (χ4n) is 8.87. The van der Waals surface area contributed by atoms with Crippen LogP contribution in [0.4, 0.5) is 0 Å². The summed E-state index contributed by atoms with van der Waals surface area (Å²) >= 11 is 0. The maximum absolute atomic E-state index is 14.4. The van der Waals surface area contributed by atoms with Gasteiger partial charge in [-0.3, -0.25) is 52.7 Å². The molecule has 0 radical (unpaired) electrons. The number of hydrogen-bond acceptors (Lipinski definition) is 16. The molecule has 12 atom stereocenters. The van der Waals surface area contributed by atoms with Gasteiger partial charge in [0.25, 0.3) is 0 Å². The largest absolute Gasteiger partial charge is 0.481 e. The second kappa shape index (κ2) is 32.3.